The Kier molecular flexibility index (Phi) is 6.30. The predicted molar refractivity (Wildman–Crippen MR) is 107 cm³/mol. The van der Waals surface area contributed by atoms with E-state index in [-0.39, 0.29) is 11.9 Å². The highest BCUT2D eigenvalue weighted by molar-refractivity contribution is 6.04. The Morgan fingerprint density at radius 1 is 1.11 bits per heavy atom. The van der Waals surface area contributed by atoms with Gasteiger partial charge in [-0.2, -0.15) is 0 Å². The molecule has 6 nitrogen and oxygen atoms in total. The van der Waals surface area contributed by atoms with Crippen LogP contribution in [0.5, 0.6) is 5.75 Å². The number of hydrogen-bond acceptors (Lipinski definition) is 3. The van der Waals surface area contributed by atoms with Crippen LogP contribution in [0, 0.1) is 0 Å². The fraction of sp³-hybridized carbons (Fsp3) is 0.333. The fourth-order valence-corrected chi connectivity index (χ4v) is 2.89. The van der Waals surface area contributed by atoms with E-state index in [1.165, 1.54) is 0 Å². The molecule has 6 heteroatoms. The van der Waals surface area contributed by atoms with Gasteiger partial charge in [-0.25, -0.2) is 4.79 Å². The van der Waals surface area contributed by atoms with Gasteiger partial charge in [0.15, 0.2) is 0 Å². The number of benzene rings is 2. The summed E-state index contributed by atoms with van der Waals surface area (Å²) < 4.78 is 5.66. The van der Waals surface area contributed by atoms with Crippen LogP contribution < -0.4 is 20.3 Å². The molecule has 1 heterocycles. The van der Waals surface area contributed by atoms with Gasteiger partial charge in [-0.1, -0.05) is 19.8 Å². The van der Waals surface area contributed by atoms with E-state index < -0.39 is 0 Å². The number of urea groups is 1. The molecule has 1 aliphatic heterocycles. The van der Waals surface area contributed by atoms with Crippen molar-refractivity contribution in [2.75, 3.05) is 29.9 Å². The van der Waals surface area contributed by atoms with Crippen LogP contribution in [0.15, 0.2) is 48.5 Å². The smallest absolute Gasteiger partial charge is 0.321 e. The van der Waals surface area contributed by atoms with Crippen molar-refractivity contribution in [3.8, 4) is 5.75 Å². The largest absolute Gasteiger partial charge is 0.494 e. The van der Waals surface area contributed by atoms with Crippen LogP contribution in [0.3, 0.4) is 0 Å². The molecule has 1 fully saturated rings. The van der Waals surface area contributed by atoms with Crippen molar-refractivity contribution in [2.24, 2.45) is 0 Å². The van der Waals surface area contributed by atoms with E-state index in [4.69, 9.17) is 4.74 Å². The number of amides is 3. The van der Waals surface area contributed by atoms with E-state index in [1.807, 2.05) is 24.3 Å². The quantitative estimate of drug-likeness (QED) is 0.692. The minimum Gasteiger partial charge on any atom is -0.494 e. The van der Waals surface area contributed by atoms with Gasteiger partial charge in [-0.15, -0.1) is 0 Å². The standard InChI is InChI=1S/C21H25N3O3/c1-2-3-4-15-27-19-11-5-16(6-12-19)20(25)23-17-7-9-18(10-8-17)24-14-13-22-21(24)26/h5-12H,2-4,13-15H2,1H3,(H,22,26)(H,23,25). The normalized spacial score (nSPS) is 13.4. The van der Waals surface area contributed by atoms with Crippen molar-refractivity contribution in [1.82, 2.24) is 5.32 Å². The Morgan fingerprint density at radius 3 is 2.48 bits per heavy atom. The zero-order valence-electron chi connectivity index (χ0n) is 15.5. The molecular formula is C21H25N3O3. The molecule has 2 aromatic carbocycles. The van der Waals surface area contributed by atoms with E-state index in [0.717, 1.165) is 30.7 Å². The van der Waals surface area contributed by atoms with Crippen LogP contribution in [0.1, 0.15) is 36.5 Å². The van der Waals surface area contributed by atoms with Crippen molar-refractivity contribution >= 4 is 23.3 Å². The number of nitrogens with zero attached hydrogens (tertiary/aromatic N) is 1. The zero-order valence-corrected chi connectivity index (χ0v) is 15.5. The molecule has 0 atom stereocenters. The Labute approximate surface area is 159 Å². The maximum atomic E-state index is 12.4. The number of rotatable bonds is 8. The predicted octanol–water partition coefficient (Wildman–Crippen LogP) is 4.04. The number of nitrogens with one attached hydrogen (secondary N) is 2. The summed E-state index contributed by atoms with van der Waals surface area (Å²) in [5.41, 5.74) is 2.06. The van der Waals surface area contributed by atoms with E-state index in [2.05, 4.69) is 17.6 Å². The Morgan fingerprint density at radius 2 is 1.85 bits per heavy atom. The third kappa shape index (κ3) is 5.00. The molecule has 0 bridgehead atoms. The molecule has 2 aromatic rings. The van der Waals surface area contributed by atoms with Crippen molar-refractivity contribution in [3.63, 3.8) is 0 Å². The third-order valence-electron chi connectivity index (χ3n) is 4.43. The van der Waals surface area contributed by atoms with E-state index >= 15 is 0 Å². The number of unbranched alkanes of at least 4 members (excludes halogenated alkanes) is 2. The second-order valence-electron chi connectivity index (χ2n) is 6.46. The summed E-state index contributed by atoms with van der Waals surface area (Å²) >= 11 is 0. The number of anilines is 2. The first kappa shape index (κ1) is 18.8. The highest BCUT2D eigenvalue weighted by Crippen LogP contribution is 2.20. The Bertz CT molecular complexity index is 772. The maximum absolute atomic E-state index is 12.4. The average Bonchev–Trinajstić information content (AvgIpc) is 3.12. The summed E-state index contributed by atoms with van der Waals surface area (Å²) in [4.78, 5) is 25.7. The van der Waals surface area contributed by atoms with Crippen LogP contribution in [0.2, 0.25) is 0 Å². The SMILES string of the molecule is CCCCCOc1ccc(C(=O)Nc2ccc(N3CCNC3=O)cc2)cc1. The Balaban J connectivity index is 1.54. The molecule has 0 aromatic heterocycles. The fourth-order valence-electron chi connectivity index (χ4n) is 2.89. The third-order valence-corrected chi connectivity index (χ3v) is 4.43. The molecule has 3 amide bonds. The highest BCUT2D eigenvalue weighted by Gasteiger charge is 2.20. The Hall–Kier alpha value is -3.02. The van der Waals surface area contributed by atoms with Gasteiger partial charge in [0.1, 0.15) is 5.75 Å². The lowest BCUT2D eigenvalue weighted by Gasteiger charge is -2.14. The summed E-state index contributed by atoms with van der Waals surface area (Å²) in [5.74, 6) is 0.593. The molecule has 27 heavy (non-hydrogen) atoms. The molecule has 0 spiro atoms. The first-order valence-corrected chi connectivity index (χ1v) is 9.37. The zero-order chi connectivity index (χ0) is 19.1. The van der Waals surface area contributed by atoms with Crippen LogP contribution in [-0.4, -0.2) is 31.6 Å². The molecule has 3 rings (SSSR count). The summed E-state index contributed by atoms with van der Waals surface area (Å²) in [6.07, 6.45) is 3.35. The maximum Gasteiger partial charge on any atom is 0.321 e. The number of ether oxygens (including phenoxy) is 1. The molecule has 2 N–H and O–H groups in total. The molecule has 1 saturated heterocycles. The second-order valence-corrected chi connectivity index (χ2v) is 6.46. The monoisotopic (exact) mass is 367 g/mol. The van der Waals surface area contributed by atoms with Gasteiger partial charge in [0.05, 0.1) is 6.61 Å². The van der Waals surface area contributed by atoms with Gasteiger partial charge in [0.2, 0.25) is 0 Å². The lowest BCUT2D eigenvalue weighted by atomic mass is 10.2. The minimum absolute atomic E-state index is 0.0937. The first-order chi connectivity index (χ1) is 13.2. The minimum atomic E-state index is -0.181. The molecule has 0 aliphatic carbocycles. The number of carbonyl (C=O) groups excluding carboxylic acids is 2. The molecular weight excluding hydrogens is 342 g/mol. The summed E-state index contributed by atoms with van der Waals surface area (Å²) in [6, 6.07) is 14.3. The van der Waals surface area contributed by atoms with Crippen LogP contribution in [0.25, 0.3) is 0 Å². The molecule has 0 saturated carbocycles. The van der Waals surface area contributed by atoms with Crippen molar-refractivity contribution in [2.45, 2.75) is 26.2 Å². The van der Waals surface area contributed by atoms with Gasteiger partial charge in [0, 0.05) is 30.0 Å². The van der Waals surface area contributed by atoms with E-state index in [1.54, 1.807) is 29.2 Å². The number of carbonyl (C=O) groups is 2. The molecule has 1 aliphatic rings. The lowest BCUT2D eigenvalue weighted by Crippen LogP contribution is -2.27. The highest BCUT2D eigenvalue weighted by atomic mass is 16.5. The van der Waals surface area contributed by atoms with Gasteiger partial charge in [-0.05, 0) is 55.0 Å². The van der Waals surface area contributed by atoms with Crippen molar-refractivity contribution in [1.29, 1.82) is 0 Å². The van der Waals surface area contributed by atoms with Gasteiger partial charge in [0.25, 0.3) is 5.91 Å². The van der Waals surface area contributed by atoms with E-state index in [9.17, 15) is 9.59 Å². The lowest BCUT2D eigenvalue weighted by molar-refractivity contribution is 0.102. The molecule has 0 unspecified atom stereocenters. The topological polar surface area (TPSA) is 70.7 Å². The molecule has 142 valence electrons. The first-order valence-electron chi connectivity index (χ1n) is 9.37. The van der Waals surface area contributed by atoms with Crippen molar-refractivity contribution < 1.29 is 14.3 Å². The van der Waals surface area contributed by atoms with E-state index in [0.29, 0.717) is 30.9 Å². The van der Waals surface area contributed by atoms with Gasteiger partial charge < -0.3 is 15.4 Å². The average molecular weight is 367 g/mol. The second kappa shape index (κ2) is 9.07. The van der Waals surface area contributed by atoms with Gasteiger partial charge >= 0.3 is 6.03 Å². The van der Waals surface area contributed by atoms with Crippen molar-refractivity contribution in [3.05, 3.63) is 54.1 Å². The molecule has 0 radical (unpaired) electrons. The number of hydrogen-bond donors (Lipinski definition) is 2. The summed E-state index contributed by atoms with van der Waals surface area (Å²) in [6.45, 7) is 4.15. The van der Waals surface area contributed by atoms with Gasteiger partial charge in [-0.3, -0.25) is 9.69 Å². The van der Waals surface area contributed by atoms with Crippen LogP contribution in [-0.2, 0) is 0 Å². The summed E-state index contributed by atoms with van der Waals surface area (Å²) in [5, 5.41) is 5.63. The van der Waals surface area contributed by atoms with Crippen LogP contribution >= 0.6 is 0 Å². The van der Waals surface area contributed by atoms with Crippen LogP contribution in [0.4, 0.5) is 16.2 Å². The summed E-state index contributed by atoms with van der Waals surface area (Å²) in [7, 11) is 0.